The number of furan rings is 1. The predicted octanol–water partition coefficient (Wildman–Crippen LogP) is 1.98. The molecule has 3 heterocycles. The Labute approximate surface area is 168 Å². The van der Waals surface area contributed by atoms with Gasteiger partial charge in [-0.2, -0.15) is 5.10 Å². The van der Waals surface area contributed by atoms with Gasteiger partial charge in [0, 0.05) is 31.6 Å². The first-order chi connectivity index (χ1) is 13.8. The zero-order valence-electron chi connectivity index (χ0n) is 16.9. The number of likely N-dealkylation sites (tertiary alicyclic amines) is 1. The molecule has 156 valence electrons. The van der Waals surface area contributed by atoms with E-state index in [1.54, 1.807) is 43.2 Å². The van der Waals surface area contributed by atoms with Gasteiger partial charge in [-0.05, 0) is 44.9 Å². The summed E-state index contributed by atoms with van der Waals surface area (Å²) >= 11 is 0. The molecule has 0 spiro atoms. The van der Waals surface area contributed by atoms with E-state index >= 15 is 0 Å². The normalized spacial score (nSPS) is 15.2. The van der Waals surface area contributed by atoms with E-state index in [1.165, 1.54) is 6.92 Å². The maximum atomic E-state index is 12.6. The van der Waals surface area contributed by atoms with Crippen molar-refractivity contribution in [1.29, 1.82) is 0 Å². The van der Waals surface area contributed by atoms with E-state index < -0.39 is 11.6 Å². The van der Waals surface area contributed by atoms with E-state index in [2.05, 4.69) is 15.5 Å². The quantitative estimate of drug-likeness (QED) is 0.714. The summed E-state index contributed by atoms with van der Waals surface area (Å²) in [6, 6.07) is 5.30. The van der Waals surface area contributed by atoms with Gasteiger partial charge in [-0.1, -0.05) is 0 Å². The standard InChI is InChI=1S/C20H26N4O5/c1-13(25)29-20(2,3)19(27)24-8-6-14(7-9-24)16-11-17(23-22-16)18(26)21-12-15-5-4-10-28-15/h4-5,10-11,14H,6-9,12H2,1-3H3,(H,21,26)(H,22,23). The van der Waals surface area contributed by atoms with Crippen LogP contribution in [0.25, 0.3) is 0 Å². The van der Waals surface area contributed by atoms with Gasteiger partial charge >= 0.3 is 5.97 Å². The lowest BCUT2D eigenvalue weighted by atomic mass is 9.92. The number of rotatable bonds is 6. The minimum Gasteiger partial charge on any atom is -0.467 e. The zero-order chi connectivity index (χ0) is 21.0. The van der Waals surface area contributed by atoms with E-state index in [9.17, 15) is 14.4 Å². The number of hydrogen-bond donors (Lipinski definition) is 2. The number of piperidine rings is 1. The summed E-state index contributed by atoms with van der Waals surface area (Å²) < 4.78 is 10.3. The Balaban J connectivity index is 1.53. The highest BCUT2D eigenvalue weighted by Crippen LogP contribution is 2.28. The van der Waals surface area contributed by atoms with Crippen molar-refractivity contribution in [2.45, 2.75) is 51.7 Å². The lowest BCUT2D eigenvalue weighted by Gasteiger charge is -2.36. The van der Waals surface area contributed by atoms with Crippen LogP contribution >= 0.6 is 0 Å². The molecule has 1 fully saturated rings. The van der Waals surface area contributed by atoms with Gasteiger partial charge in [-0.3, -0.25) is 19.5 Å². The number of aromatic amines is 1. The van der Waals surface area contributed by atoms with E-state index in [0.29, 0.717) is 31.1 Å². The van der Waals surface area contributed by atoms with Gasteiger partial charge in [0.05, 0.1) is 12.8 Å². The summed E-state index contributed by atoms with van der Waals surface area (Å²) in [7, 11) is 0. The minimum absolute atomic E-state index is 0.176. The smallest absolute Gasteiger partial charge is 0.303 e. The van der Waals surface area contributed by atoms with Gasteiger partial charge in [-0.25, -0.2) is 0 Å². The summed E-state index contributed by atoms with van der Waals surface area (Å²) in [5, 5.41) is 9.82. The molecule has 29 heavy (non-hydrogen) atoms. The fraction of sp³-hybridized carbons (Fsp3) is 0.500. The second kappa shape index (κ2) is 8.50. The fourth-order valence-electron chi connectivity index (χ4n) is 3.51. The Morgan fingerprint density at radius 3 is 2.69 bits per heavy atom. The number of hydrogen-bond acceptors (Lipinski definition) is 6. The molecule has 1 aliphatic rings. The molecule has 2 N–H and O–H groups in total. The molecule has 9 nitrogen and oxygen atoms in total. The third-order valence-electron chi connectivity index (χ3n) is 4.97. The second-order valence-corrected chi connectivity index (χ2v) is 7.64. The van der Waals surface area contributed by atoms with Crippen molar-refractivity contribution >= 4 is 17.8 Å². The van der Waals surface area contributed by atoms with Crippen molar-refractivity contribution in [3.63, 3.8) is 0 Å². The summed E-state index contributed by atoms with van der Waals surface area (Å²) in [5.41, 5.74) is 0.0203. The first-order valence-electron chi connectivity index (χ1n) is 9.61. The molecule has 9 heteroatoms. The Morgan fingerprint density at radius 1 is 1.34 bits per heavy atom. The highest BCUT2D eigenvalue weighted by atomic mass is 16.6. The maximum absolute atomic E-state index is 12.6. The summed E-state index contributed by atoms with van der Waals surface area (Å²) in [5.74, 6) is -0.111. The van der Waals surface area contributed by atoms with Crippen molar-refractivity contribution < 1.29 is 23.5 Å². The van der Waals surface area contributed by atoms with Crippen LogP contribution in [0.4, 0.5) is 0 Å². The largest absolute Gasteiger partial charge is 0.467 e. The van der Waals surface area contributed by atoms with Gasteiger partial charge in [-0.15, -0.1) is 0 Å². The maximum Gasteiger partial charge on any atom is 0.303 e. The molecular formula is C20H26N4O5. The predicted molar refractivity (Wildman–Crippen MR) is 103 cm³/mol. The third kappa shape index (κ3) is 5.04. The van der Waals surface area contributed by atoms with Crippen molar-refractivity contribution in [2.75, 3.05) is 13.1 Å². The average molecular weight is 402 g/mol. The van der Waals surface area contributed by atoms with Gasteiger partial charge in [0.25, 0.3) is 11.8 Å². The number of esters is 1. The van der Waals surface area contributed by atoms with E-state index in [1.807, 2.05) is 0 Å². The molecule has 0 aromatic carbocycles. The molecule has 1 aliphatic heterocycles. The number of carbonyl (C=O) groups is 3. The van der Waals surface area contributed by atoms with Crippen molar-refractivity contribution in [3.8, 4) is 0 Å². The number of nitrogens with zero attached hydrogens (tertiary/aromatic N) is 2. The van der Waals surface area contributed by atoms with E-state index in [0.717, 1.165) is 18.5 Å². The van der Waals surface area contributed by atoms with Gasteiger partial charge < -0.3 is 19.4 Å². The monoisotopic (exact) mass is 402 g/mol. The first-order valence-corrected chi connectivity index (χ1v) is 9.61. The average Bonchev–Trinajstić information content (AvgIpc) is 3.36. The Kier molecular flexibility index (Phi) is 6.05. The lowest BCUT2D eigenvalue weighted by molar-refractivity contribution is -0.169. The van der Waals surface area contributed by atoms with Crippen LogP contribution in [0.2, 0.25) is 0 Å². The van der Waals surface area contributed by atoms with Crippen LogP contribution < -0.4 is 5.32 Å². The number of amides is 2. The molecule has 2 aromatic heterocycles. The Bertz CT molecular complexity index is 863. The molecule has 0 saturated carbocycles. The molecule has 0 radical (unpaired) electrons. The van der Waals surface area contributed by atoms with E-state index in [4.69, 9.17) is 9.15 Å². The lowest BCUT2D eigenvalue weighted by Crippen LogP contribution is -2.50. The Morgan fingerprint density at radius 2 is 2.07 bits per heavy atom. The highest BCUT2D eigenvalue weighted by molar-refractivity contribution is 5.92. The molecule has 3 rings (SSSR count). The van der Waals surface area contributed by atoms with Crippen LogP contribution in [-0.2, 0) is 20.9 Å². The molecule has 0 aliphatic carbocycles. The highest BCUT2D eigenvalue weighted by Gasteiger charge is 2.37. The number of H-pyrrole nitrogens is 1. The van der Waals surface area contributed by atoms with Crippen molar-refractivity contribution in [1.82, 2.24) is 20.4 Å². The van der Waals surface area contributed by atoms with Crippen LogP contribution in [0.3, 0.4) is 0 Å². The Hall–Kier alpha value is -3.10. The summed E-state index contributed by atoms with van der Waals surface area (Å²) in [6.07, 6.45) is 3.02. The molecule has 0 bridgehead atoms. The summed E-state index contributed by atoms with van der Waals surface area (Å²) in [6.45, 7) is 5.89. The first kappa shape index (κ1) is 20.6. The van der Waals surface area contributed by atoms with Crippen LogP contribution in [0, 0.1) is 0 Å². The third-order valence-corrected chi connectivity index (χ3v) is 4.97. The fourth-order valence-corrected chi connectivity index (χ4v) is 3.51. The number of ether oxygens (including phenoxy) is 1. The number of nitrogens with one attached hydrogen (secondary N) is 2. The van der Waals surface area contributed by atoms with Crippen molar-refractivity contribution in [2.24, 2.45) is 0 Å². The second-order valence-electron chi connectivity index (χ2n) is 7.64. The van der Waals surface area contributed by atoms with Crippen LogP contribution in [0.5, 0.6) is 0 Å². The molecule has 0 unspecified atom stereocenters. The number of aromatic nitrogens is 2. The van der Waals surface area contributed by atoms with Gasteiger partial charge in [0.1, 0.15) is 11.5 Å². The van der Waals surface area contributed by atoms with E-state index in [-0.39, 0.29) is 17.7 Å². The molecule has 0 atom stereocenters. The van der Waals surface area contributed by atoms with Gasteiger partial charge in [0.2, 0.25) is 0 Å². The van der Waals surface area contributed by atoms with Crippen LogP contribution in [-0.4, -0.2) is 51.6 Å². The molecule has 1 saturated heterocycles. The van der Waals surface area contributed by atoms with Gasteiger partial charge in [0.15, 0.2) is 5.60 Å². The van der Waals surface area contributed by atoms with Crippen LogP contribution in [0.15, 0.2) is 28.9 Å². The molecular weight excluding hydrogens is 376 g/mol. The van der Waals surface area contributed by atoms with Crippen molar-refractivity contribution in [3.05, 3.63) is 41.6 Å². The molecule has 2 amide bonds. The minimum atomic E-state index is -1.17. The zero-order valence-corrected chi connectivity index (χ0v) is 16.9. The number of carbonyl (C=O) groups excluding carboxylic acids is 3. The summed E-state index contributed by atoms with van der Waals surface area (Å²) in [4.78, 5) is 37.8. The topological polar surface area (TPSA) is 118 Å². The molecule has 2 aromatic rings. The SMILES string of the molecule is CC(=O)OC(C)(C)C(=O)N1CCC(c2cc(C(=O)NCc3ccco3)n[nH]2)CC1. The van der Waals surface area contributed by atoms with Crippen LogP contribution in [0.1, 0.15) is 61.5 Å².